The molecule has 1 saturated heterocycles. The van der Waals surface area contributed by atoms with E-state index in [1.165, 1.54) is 6.07 Å². The van der Waals surface area contributed by atoms with Crippen molar-refractivity contribution in [2.24, 2.45) is 0 Å². The van der Waals surface area contributed by atoms with Crippen LogP contribution in [0.3, 0.4) is 0 Å². The Morgan fingerprint density at radius 3 is 2.21 bits per heavy atom. The minimum Gasteiger partial charge on any atom is -0.339 e. The third-order valence-corrected chi connectivity index (χ3v) is 6.63. The predicted molar refractivity (Wildman–Crippen MR) is 132 cm³/mol. The van der Waals surface area contributed by atoms with Crippen LogP contribution in [-0.2, 0) is 4.79 Å². The summed E-state index contributed by atoms with van der Waals surface area (Å²) in [4.78, 5) is 29.1. The molecule has 3 amide bonds. The van der Waals surface area contributed by atoms with E-state index < -0.39 is 5.92 Å². The molecule has 1 atom stereocenters. The van der Waals surface area contributed by atoms with E-state index in [-0.39, 0.29) is 17.8 Å². The molecule has 1 heterocycles. The van der Waals surface area contributed by atoms with Gasteiger partial charge in [0.05, 0.1) is 11.6 Å². The summed E-state index contributed by atoms with van der Waals surface area (Å²) in [6, 6.07) is 21.6. The van der Waals surface area contributed by atoms with Gasteiger partial charge >= 0.3 is 6.03 Å². The zero-order valence-electron chi connectivity index (χ0n) is 18.3. The molecular weight excluding hydrogens is 485 g/mol. The molecule has 33 heavy (non-hydrogen) atoms. The third-order valence-electron chi connectivity index (χ3n) is 5.94. The first-order valence-electron chi connectivity index (χ1n) is 10.9. The molecule has 1 aliphatic rings. The van der Waals surface area contributed by atoms with Gasteiger partial charge in [-0.25, -0.2) is 9.18 Å². The van der Waals surface area contributed by atoms with Crippen molar-refractivity contribution in [3.05, 3.63) is 88.6 Å². The van der Waals surface area contributed by atoms with Gasteiger partial charge in [-0.2, -0.15) is 0 Å². The first-order chi connectivity index (χ1) is 15.9. The molecule has 0 saturated carbocycles. The van der Waals surface area contributed by atoms with Gasteiger partial charge in [0.25, 0.3) is 0 Å². The van der Waals surface area contributed by atoms with Gasteiger partial charge in [-0.1, -0.05) is 54.6 Å². The fourth-order valence-corrected chi connectivity index (χ4v) is 4.34. The number of rotatable bonds is 4. The van der Waals surface area contributed by atoms with Crippen LogP contribution in [0.15, 0.2) is 77.3 Å². The Balaban J connectivity index is 1.36. The Hall–Kier alpha value is -3.19. The number of carbonyl (C=O) groups excluding carboxylic acids is 2. The third kappa shape index (κ3) is 5.25. The summed E-state index contributed by atoms with van der Waals surface area (Å²) in [7, 11) is 0. The van der Waals surface area contributed by atoms with Gasteiger partial charge in [-0.3, -0.25) is 4.79 Å². The second-order valence-electron chi connectivity index (χ2n) is 8.05. The number of piperazine rings is 1. The standard InChI is InChI=1S/C26H25BrFN3O2/c1-18(20-11-12-21(23(28)17-20)19-7-3-2-4-8-19)25(32)30-13-15-31(16-14-30)26(33)29-24-10-6-5-9-22(24)27/h2-12,17-18H,13-16H2,1H3,(H,29,33). The van der Waals surface area contributed by atoms with Gasteiger partial charge in [0.15, 0.2) is 0 Å². The Bertz CT molecular complexity index is 1150. The van der Waals surface area contributed by atoms with Crippen LogP contribution < -0.4 is 5.32 Å². The zero-order valence-corrected chi connectivity index (χ0v) is 19.9. The molecule has 0 spiro atoms. The molecule has 0 aromatic heterocycles. The van der Waals surface area contributed by atoms with Crippen molar-refractivity contribution in [1.29, 1.82) is 0 Å². The maximum Gasteiger partial charge on any atom is 0.321 e. The van der Waals surface area contributed by atoms with E-state index in [4.69, 9.17) is 0 Å². The maximum absolute atomic E-state index is 14.8. The highest BCUT2D eigenvalue weighted by Gasteiger charge is 2.28. The first-order valence-corrected chi connectivity index (χ1v) is 11.7. The Labute approximate surface area is 201 Å². The summed E-state index contributed by atoms with van der Waals surface area (Å²) in [6.07, 6.45) is 0. The van der Waals surface area contributed by atoms with Crippen LogP contribution in [0.25, 0.3) is 11.1 Å². The highest BCUT2D eigenvalue weighted by atomic mass is 79.9. The van der Waals surface area contributed by atoms with E-state index in [0.29, 0.717) is 43.0 Å². The number of urea groups is 1. The normalized spacial score (nSPS) is 14.6. The molecule has 0 bridgehead atoms. The molecule has 1 aliphatic heterocycles. The SMILES string of the molecule is CC(C(=O)N1CCN(C(=O)Nc2ccccc2Br)CC1)c1ccc(-c2ccccc2)c(F)c1. The minimum absolute atomic E-state index is 0.0623. The van der Waals surface area contributed by atoms with Gasteiger partial charge in [0.1, 0.15) is 5.82 Å². The number of para-hydroxylation sites is 1. The average molecular weight is 510 g/mol. The van der Waals surface area contributed by atoms with Crippen LogP contribution in [0.1, 0.15) is 18.4 Å². The molecule has 1 unspecified atom stereocenters. The smallest absolute Gasteiger partial charge is 0.321 e. The van der Waals surface area contributed by atoms with Crippen LogP contribution in [0, 0.1) is 5.82 Å². The van der Waals surface area contributed by atoms with E-state index in [0.717, 1.165) is 10.0 Å². The second-order valence-corrected chi connectivity index (χ2v) is 8.90. The Kier molecular flexibility index (Phi) is 7.08. The Morgan fingerprint density at radius 2 is 1.55 bits per heavy atom. The molecule has 7 heteroatoms. The number of amides is 3. The summed E-state index contributed by atoms with van der Waals surface area (Å²) in [5, 5.41) is 2.89. The molecule has 3 aromatic rings. The highest BCUT2D eigenvalue weighted by Crippen LogP contribution is 2.27. The lowest BCUT2D eigenvalue weighted by molar-refractivity contribution is -0.133. The molecule has 5 nitrogen and oxygen atoms in total. The van der Waals surface area contributed by atoms with Crippen molar-refractivity contribution in [3.63, 3.8) is 0 Å². The van der Waals surface area contributed by atoms with Crippen molar-refractivity contribution in [3.8, 4) is 11.1 Å². The highest BCUT2D eigenvalue weighted by molar-refractivity contribution is 9.10. The summed E-state index contributed by atoms with van der Waals surface area (Å²) < 4.78 is 15.6. The molecule has 0 radical (unpaired) electrons. The van der Waals surface area contributed by atoms with Crippen molar-refractivity contribution < 1.29 is 14.0 Å². The van der Waals surface area contributed by atoms with E-state index in [1.54, 1.807) is 22.8 Å². The molecule has 170 valence electrons. The zero-order chi connectivity index (χ0) is 23.4. The largest absolute Gasteiger partial charge is 0.339 e. The van der Waals surface area contributed by atoms with Crippen LogP contribution in [0.2, 0.25) is 0 Å². The van der Waals surface area contributed by atoms with E-state index in [1.807, 2.05) is 60.7 Å². The van der Waals surface area contributed by atoms with Gasteiger partial charge in [-0.05, 0) is 52.2 Å². The average Bonchev–Trinajstić information content (AvgIpc) is 2.85. The monoisotopic (exact) mass is 509 g/mol. The van der Waals surface area contributed by atoms with Gasteiger partial charge in [-0.15, -0.1) is 0 Å². The first kappa shape index (κ1) is 23.0. The maximum atomic E-state index is 14.8. The number of halogens is 2. The molecular formula is C26H25BrFN3O2. The number of hydrogen-bond donors (Lipinski definition) is 1. The minimum atomic E-state index is -0.468. The van der Waals surface area contributed by atoms with Crippen LogP contribution >= 0.6 is 15.9 Å². The summed E-state index contributed by atoms with van der Waals surface area (Å²) in [5.74, 6) is -0.871. The lowest BCUT2D eigenvalue weighted by Crippen LogP contribution is -2.52. The molecule has 1 fully saturated rings. The number of hydrogen-bond acceptors (Lipinski definition) is 2. The topological polar surface area (TPSA) is 52.7 Å². The molecule has 4 rings (SSSR count). The van der Waals surface area contributed by atoms with Crippen LogP contribution in [-0.4, -0.2) is 47.9 Å². The second kappa shape index (κ2) is 10.2. The van der Waals surface area contributed by atoms with Gasteiger partial charge in [0, 0.05) is 36.2 Å². The molecule has 1 N–H and O–H groups in total. The van der Waals surface area contributed by atoms with Crippen molar-refractivity contribution >= 4 is 33.6 Å². The van der Waals surface area contributed by atoms with E-state index in [2.05, 4.69) is 21.2 Å². The quantitative estimate of drug-likeness (QED) is 0.487. The van der Waals surface area contributed by atoms with Crippen molar-refractivity contribution in [2.45, 2.75) is 12.8 Å². The van der Waals surface area contributed by atoms with Crippen LogP contribution in [0.5, 0.6) is 0 Å². The summed E-state index contributed by atoms with van der Waals surface area (Å²) in [6.45, 7) is 3.56. The fourth-order valence-electron chi connectivity index (χ4n) is 3.96. The lowest BCUT2D eigenvalue weighted by Gasteiger charge is -2.36. The van der Waals surface area contributed by atoms with E-state index >= 15 is 0 Å². The van der Waals surface area contributed by atoms with E-state index in [9.17, 15) is 14.0 Å². The number of benzene rings is 3. The van der Waals surface area contributed by atoms with Crippen molar-refractivity contribution in [2.75, 3.05) is 31.5 Å². The number of anilines is 1. The summed E-state index contributed by atoms with van der Waals surface area (Å²) in [5.41, 5.74) is 2.67. The Morgan fingerprint density at radius 1 is 0.909 bits per heavy atom. The van der Waals surface area contributed by atoms with Gasteiger partial charge < -0.3 is 15.1 Å². The molecule has 3 aromatic carbocycles. The summed E-state index contributed by atoms with van der Waals surface area (Å²) >= 11 is 3.43. The van der Waals surface area contributed by atoms with Crippen molar-refractivity contribution in [1.82, 2.24) is 9.80 Å². The lowest BCUT2D eigenvalue weighted by atomic mass is 9.95. The molecule has 0 aliphatic carbocycles. The van der Waals surface area contributed by atoms with Gasteiger partial charge in [0.2, 0.25) is 5.91 Å². The van der Waals surface area contributed by atoms with Crippen LogP contribution in [0.4, 0.5) is 14.9 Å². The number of nitrogens with zero attached hydrogens (tertiary/aromatic N) is 2. The predicted octanol–water partition coefficient (Wildman–Crippen LogP) is 5.74. The fraction of sp³-hybridized carbons (Fsp3) is 0.231. The number of nitrogens with one attached hydrogen (secondary N) is 1. The number of carbonyl (C=O) groups is 2.